The maximum Gasteiger partial charge on any atom is 0.252 e. The van der Waals surface area contributed by atoms with Crippen LogP contribution in [0.3, 0.4) is 0 Å². The summed E-state index contributed by atoms with van der Waals surface area (Å²) >= 11 is 0. The highest BCUT2D eigenvalue weighted by molar-refractivity contribution is 5.82. The monoisotopic (exact) mass is 384 g/mol. The van der Waals surface area contributed by atoms with E-state index in [-0.39, 0.29) is 30.3 Å². The van der Waals surface area contributed by atoms with Crippen molar-refractivity contribution in [2.75, 3.05) is 19.7 Å². The molecule has 0 aromatic heterocycles. The number of aliphatic hydroxyl groups excluding tert-OH is 1. The summed E-state index contributed by atoms with van der Waals surface area (Å²) in [5.41, 5.74) is 8.87. The highest BCUT2D eigenvalue weighted by Crippen LogP contribution is 2.36. The molecule has 3 N–H and O–H groups in total. The van der Waals surface area contributed by atoms with Gasteiger partial charge in [-0.3, -0.25) is 4.79 Å². The lowest BCUT2D eigenvalue weighted by atomic mass is 9.86. The second-order valence-corrected chi connectivity index (χ2v) is 7.56. The number of hydrogen-bond donors (Lipinski definition) is 2. The van der Waals surface area contributed by atoms with E-state index >= 15 is 0 Å². The van der Waals surface area contributed by atoms with Gasteiger partial charge in [-0.2, -0.15) is 0 Å². The first kappa shape index (κ1) is 19.1. The van der Waals surface area contributed by atoms with Crippen LogP contribution in [0.2, 0.25) is 0 Å². The van der Waals surface area contributed by atoms with Gasteiger partial charge in [0.15, 0.2) is 0 Å². The first-order valence-electron chi connectivity index (χ1n) is 9.72. The maximum atomic E-state index is 13.5. The van der Waals surface area contributed by atoms with Gasteiger partial charge in [0.05, 0.1) is 18.8 Å². The zero-order valence-corrected chi connectivity index (χ0v) is 15.6. The summed E-state index contributed by atoms with van der Waals surface area (Å²) in [6, 6.07) is 14.1. The van der Waals surface area contributed by atoms with Crippen LogP contribution in [0.1, 0.15) is 29.2 Å². The Morgan fingerprint density at radius 3 is 2.71 bits per heavy atom. The standard InChI is InChI=1S/C22H25FN2O3/c23-17-7-5-15(6-8-17)21-18-4-2-1-3-14(18)9-10-25(21)22(27)20-11-16(12-24)19(26)13-28-20/h1-8,16,19-21,26H,9-13,24H2/t16-,19-,20-,21+/m1/s1. The van der Waals surface area contributed by atoms with E-state index in [9.17, 15) is 14.3 Å². The minimum atomic E-state index is -0.635. The molecule has 2 aliphatic rings. The lowest BCUT2D eigenvalue weighted by molar-refractivity contribution is -0.157. The Hall–Kier alpha value is -2.28. The molecule has 4 atom stereocenters. The van der Waals surface area contributed by atoms with E-state index in [0.717, 1.165) is 17.5 Å². The molecule has 6 heteroatoms. The summed E-state index contributed by atoms with van der Waals surface area (Å²) in [7, 11) is 0. The number of benzene rings is 2. The molecule has 5 nitrogen and oxygen atoms in total. The molecule has 148 valence electrons. The van der Waals surface area contributed by atoms with Gasteiger partial charge >= 0.3 is 0 Å². The van der Waals surface area contributed by atoms with Crippen LogP contribution in [0.25, 0.3) is 0 Å². The Morgan fingerprint density at radius 2 is 1.96 bits per heavy atom. The molecule has 4 rings (SSSR count). The van der Waals surface area contributed by atoms with Crippen LogP contribution in [-0.4, -0.2) is 47.8 Å². The Labute approximate surface area is 163 Å². The molecule has 2 aromatic carbocycles. The van der Waals surface area contributed by atoms with Crippen molar-refractivity contribution in [2.24, 2.45) is 11.7 Å². The molecule has 1 amide bonds. The van der Waals surface area contributed by atoms with Crippen LogP contribution in [0, 0.1) is 11.7 Å². The van der Waals surface area contributed by atoms with E-state index in [1.807, 2.05) is 23.1 Å². The summed E-state index contributed by atoms with van der Waals surface area (Å²) in [5.74, 6) is -0.556. The predicted octanol–water partition coefficient (Wildman–Crippen LogP) is 2.02. The molecule has 28 heavy (non-hydrogen) atoms. The summed E-state index contributed by atoms with van der Waals surface area (Å²) in [5, 5.41) is 10.00. The fourth-order valence-corrected chi connectivity index (χ4v) is 4.27. The van der Waals surface area contributed by atoms with Gasteiger partial charge in [-0.25, -0.2) is 4.39 Å². The highest BCUT2D eigenvalue weighted by atomic mass is 19.1. The fraction of sp³-hybridized carbons (Fsp3) is 0.409. The predicted molar refractivity (Wildman–Crippen MR) is 103 cm³/mol. The third-order valence-corrected chi connectivity index (χ3v) is 5.86. The van der Waals surface area contributed by atoms with E-state index in [4.69, 9.17) is 10.5 Å². The van der Waals surface area contributed by atoms with Crippen LogP contribution in [0.15, 0.2) is 48.5 Å². The number of amides is 1. The number of halogens is 1. The van der Waals surface area contributed by atoms with Crippen LogP contribution in [0.4, 0.5) is 4.39 Å². The Balaban J connectivity index is 1.67. The van der Waals surface area contributed by atoms with Crippen molar-refractivity contribution in [1.82, 2.24) is 4.90 Å². The van der Waals surface area contributed by atoms with Gasteiger partial charge in [0, 0.05) is 12.5 Å². The number of carbonyl (C=O) groups is 1. The van der Waals surface area contributed by atoms with Gasteiger partial charge in [-0.15, -0.1) is 0 Å². The SMILES string of the molecule is NC[C@H]1C[C@H](C(=O)N2CCc3ccccc3[C@@H]2c2ccc(F)cc2)OC[C@H]1O. The van der Waals surface area contributed by atoms with Gasteiger partial charge in [-0.1, -0.05) is 36.4 Å². The molecule has 0 radical (unpaired) electrons. The Morgan fingerprint density at radius 1 is 1.21 bits per heavy atom. The molecule has 1 saturated heterocycles. The maximum absolute atomic E-state index is 13.5. The second kappa shape index (κ2) is 7.99. The van der Waals surface area contributed by atoms with E-state index in [0.29, 0.717) is 19.5 Å². The fourth-order valence-electron chi connectivity index (χ4n) is 4.27. The van der Waals surface area contributed by atoms with Crippen molar-refractivity contribution in [3.05, 3.63) is 71.0 Å². The van der Waals surface area contributed by atoms with E-state index in [1.54, 1.807) is 12.1 Å². The largest absolute Gasteiger partial charge is 0.390 e. The van der Waals surface area contributed by atoms with E-state index in [1.165, 1.54) is 17.7 Å². The highest BCUT2D eigenvalue weighted by Gasteiger charge is 2.39. The molecule has 2 heterocycles. The van der Waals surface area contributed by atoms with Gasteiger partial charge in [0.2, 0.25) is 0 Å². The van der Waals surface area contributed by atoms with Crippen molar-refractivity contribution in [2.45, 2.75) is 31.1 Å². The molecule has 2 aliphatic heterocycles. The zero-order chi connectivity index (χ0) is 19.7. The molecule has 1 fully saturated rings. The number of nitrogens with zero attached hydrogens (tertiary/aromatic N) is 1. The Kier molecular flexibility index (Phi) is 5.44. The minimum absolute atomic E-state index is 0.103. The van der Waals surface area contributed by atoms with Crippen molar-refractivity contribution in [3.63, 3.8) is 0 Å². The molecule has 0 aliphatic carbocycles. The summed E-state index contributed by atoms with van der Waals surface area (Å²) in [6.45, 7) is 0.996. The first-order valence-corrected chi connectivity index (χ1v) is 9.72. The quantitative estimate of drug-likeness (QED) is 0.849. The smallest absolute Gasteiger partial charge is 0.252 e. The van der Waals surface area contributed by atoms with Gasteiger partial charge in [0.25, 0.3) is 5.91 Å². The number of ether oxygens (including phenoxy) is 1. The summed E-state index contributed by atoms with van der Waals surface area (Å²) in [6.07, 6.45) is -0.0887. The molecule has 0 saturated carbocycles. The summed E-state index contributed by atoms with van der Waals surface area (Å²) in [4.78, 5) is 15.2. The third kappa shape index (κ3) is 3.55. The lowest BCUT2D eigenvalue weighted by Gasteiger charge is -2.41. The normalized spacial score (nSPS) is 27.3. The zero-order valence-electron chi connectivity index (χ0n) is 15.6. The van der Waals surface area contributed by atoms with Gasteiger partial charge < -0.3 is 20.5 Å². The average Bonchev–Trinajstić information content (AvgIpc) is 2.73. The number of aliphatic hydroxyl groups is 1. The van der Waals surface area contributed by atoms with Crippen molar-refractivity contribution in [3.8, 4) is 0 Å². The first-order chi connectivity index (χ1) is 13.6. The summed E-state index contributed by atoms with van der Waals surface area (Å²) < 4.78 is 19.2. The second-order valence-electron chi connectivity index (χ2n) is 7.56. The van der Waals surface area contributed by atoms with Crippen LogP contribution < -0.4 is 5.73 Å². The number of fused-ring (bicyclic) bond motifs is 1. The van der Waals surface area contributed by atoms with Crippen molar-refractivity contribution in [1.29, 1.82) is 0 Å². The number of hydrogen-bond acceptors (Lipinski definition) is 4. The number of rotatable bonds is 3. The van der Waals surface area contributed by atoms with Crippen LogP contribution >= 0.6 is 0 Å². The van der Waals surface area contributed by atoms with Crippen molar-refractivity contribution < 1.29 is 19.0 Å². The van der Waals surface area contributed by atoms with Crippen LogP contribution in [-0.2, 0) is 16.0 Å². The molecular formula is C22H25FN2O3. The van der Waals surface area contributed by atoms with Crippen LogP contribution in [0.5, 0.6) is 0 Å². The topological polar surface area (TPSA) is 75.8 Å². The van der Waals surface area contributed by atoms with Gasteiger partial charge in [0.1, 0.15) is 11.9 Å². The molecule has 0 bridgehead atoms. The van der Waals surface area contributed by atoms with E-state index < -0.39 is 12.2 Å². The number of nitrogens with two attached hydrogens (primary N) is 1. The average molecular weight is 384 g/mol. The Bertz CT molecular complexity index is 842. The molecule has 0 unspecified atom stereocenters. The molecule has 2 aromatic rings. The van der Waals surface area contributed by atoms with E-state index in [2.05, 4.69) is 6.07 Å². The lowest BCUT2D eigenvalue weighted by Crippen LogP contribution is -2.51. The molecular weight excluding hydrogens is 359 g/mol. The van der Waals surface area contributed by atoms with Crippen molar-refractivity contribution >= 4 is 5.91 Å². The number of carbonyl (C=O) groups excluding carboxylic acids is 1. The van der Waals surface area contributed by atoms with Gasteiger partial charge in [-0.05, 0) is 48.2 Å². The third-order valence-electron chi connectivity index (χ3n) is 5.86. The minimum Gasteiger partial charge on any atom is -0.390 e. The molecule has 0 spiro atoms.